The zero-order valence-electron chi connectivity index (χ0n) is 19.0. The van der Waals surface area contributed by atoms with Crippen molar-refractivity contribution in [2.24, 2.45) is 0 Å². The predicted octanol–water partition coefficient (Wildman–Crippen LogP) is 5.15. The van der Waals surface area contributed by atoms with Gasteiger partial charge in [0.2, 0.25) is 0 Å². The lowest BCUT2D eigenvalue weighted by atomic mass is 10.1. The second-order valence-corrected chi connectivity index (χ2v) is 7.58. The average Bonchev–Trinajstić information content (AvgIpc) is 3.28. The third-order valence-corrected chi connectivity index (χ3v) is 4.90. The highest BCUT2D eigenvalue weighted by Crippen LogP contribution is 2.27. The van der Waals surface area contributed by atoms with Gasteiger partial charge in [-0.05, 0) is 49.6 Å². The summed E-state index contributed by atoms with van der Waals surface area (Å²) in [6.45, 7) is 8.83. The Hall–Kier alpha value is -2.96. The van der Waals surface area contributed by atoms with Crippen molar-refractivity contribution in [3.8, 4) is 0 Å². The molecule has 1 heterocycles. The van der Waals surface area contributed by atoms with E-state index in [1.54, 1.807) is 12.3 Å². The molecule has 0 radical (unpaired) electrons. The molecule has 3 N–H and O–H groups in total. The summed E-state index contributed by atoms with van der Waals surface area (Å²) < 4.78 is 5.55. The maximum Gasteiger partial charge on any atom is 0.319 e. The minimum Gasteiger partial charge on any atom is -0.467 e. The van der Waals surface area contributed by atoms with Gasteiger partial charge in [0, 0.05) is 25.3 Å². The number of hydrogen-bond donors (Lipinski definition) is 3. The first-order chi connectivity index (χ1) is 15.1. The lowest BCUT2D eigenvalue weighted by Crippen LogP contribution is -2.31. The fourth-order valence-electron chi connectivity index (χ4n) is 3.18. The maximum atomic E-state index is 13.0. The van der Waals surface area contributed by atoms with E-state index >= 15 is 0 Å². The Labute approximate surface area is 185 Å². The number of carbonyl (C=O) groups is 2. The van der Waals surface area contributed by atoms with Crippen LogP contribution >= 0.6 is 0 Å². The Kier molecular flexibility index (Phi) is 10.5. The topological polar surface area (TPSA) is 86.6 Å². The highest BCUT2D eigenvalue weighted by atomic mass is 16.3. The number of hydrogen-bond acceptors (Lipinski definition) is 4. The van der Waals surface area contributed by atoms with Crippen LogP contribution in [0.1, 0.15) is 69.0 Å². The first kappa shape index (κ1) is 24.3. The SMILES string of the molecule is CCCCNC(=O)Nc1ccc(N(CCCC)Cc2ccco2)c(C(=O)NCCC)c1. The molecule has 7 nitrogen and oxygen atoms in total. The molecular weight excluding hydrogens is 392 g/mol. The van der Waals surface area contributed by atoms with E-state index in [0.717, 1.165) is 50.1 Å². The molecule has 0 atom stereocenters. The van der Waals surface area contributed by atoms with Crippen LogP contribution in [0.2, 0.25) is 0 Å². The van der Waals surface area contributed by atoms with Gasteiger partial charge in [-0.25, -0.2) is 4.79 Å². The van der Waals surface area contributed by atoms with Crippen molar-refractivity contribution in [3.05, 3.63) is 47.9 Å². The predicted molar refractivity (Wildman–Crippen MR) is 126 cm³/mol. The smallest absolute Gasteiger partial charge is 0.319 e. The van der Waals surface area contributed by atoms with Gasteiger partial charge in [-0.15, -0.1) is 0 Å². The zero-order chi connectivity index (χ0) is 22.5. The van der Waals surface area contributed by atoms with Crippen LogP contribution < -0.4 is 20.9 Å². The van der Waals surface area contributed by atoms with Crippen molar-refractivity contribution >= 4 is 23.3 Å². The Morgan fingerprint density at radius 2 is 1.77 bits per heavy atom. The highest BCUT2D eigenvalue weighted by molar-refractivity contribution is 6.02. The van der Waals surface area contributed by atoms with Crippen LogP contribution in [-0.4, -0.2) is 31.6 Å². The number of furan rings is 1. The Morgan fingerprint density at radius 1 is 0.968 bits per heavy atom. The van der Waals surface area contributed by atoms with Crippen molar-refractivity contribution in [2.75, 3.05) is 29.9 Å². The number of unbranched alkanes of at least 4 members (excludes halogenated alkanes) is 2. The summed E-state index contributed by atoms with van der Waals surface area (Å²) in [5.74, 6) is 0.696. The number of urea groups is 1. The van der Waals surface area contributed by atoms with Crippen LogP contribution in [0.15, 0.2) is 41.0 Å². The van der Waals surface area contributed by atoms with Gasteiger partial charge in [0.05, 0.1) is 24.1 Å². The van der Waals surface area contributed by atoms with E-state index in [2.05, 4.69) is 34.7 Å². The summed E-state index contributed by atoms with van der Waals surface area (Å²) in [5, 5.41) is 8.64. The molecule has 0 aliphatic heterocycles. The van der Waals surface area contributed by atoms with E-state index in [-0.39, 0.29) is 11.9 Å². The zero-order valence-corrected chi connectivity index (χ0v) is 19.0. The van der Waals surface area contributed by atoms with Crippen LogP contribution in [0.4, 0.5) is 16.2 Å². The van der Waals surface area contributed by atoms with Gasteiger partial charge in [-0.3, -0.25) is 4.79 Å². The van der Waals surface area contributed by atoms with Gasteiger partial charge in [-0.2, -0.15) is 0 Å². The molecule has 0 bridgehead atoms. The molecule has 0 fully saturated rings. The average molecular weight is 429 g/mol. The Bertz CT molecular complexity index is 805. The third kappa shape index (κ3) is 8.00. The van der Waals surface area contributed by atoms with Crippen LogP contribution in [0.5, 0.6) is 0 Å². The summed E-state index contributed by atoms with van der Waals surface area (Å²) in [6.07, 6.45) is 6.49. The van der Waals surface area contributed by atoms with Crippen molar-refractivity contribution in [1.82, 2.24) is 10.6 Å². The second kappa shape index (κ2) is 13.4. The molecule has 1 aromatic carbocycles. The summed E-state index contributed by atoms with van der Waals surface area (Å²) in [7, 11) is 0. The minimum atomic E-state index is -0.264. The number of rotatable bonds is 13. The fourth-order valence-corrected chi connectivity index (χ4v) is 3.18. The van der Waals surface area contributed by atoms with E-state index in [9.17, 15) is 9.59 Å². The first-order valence-corrected chi connectivity index (χ1v) is 11.3. The number of nitrogens with zero attached hydrogens (tertiary/aromatic N) is 1. The highest BCUT2D eigenvalue weighted by Gasteiger charge is 2.19. The number of anilines is 2. The molecule has 7 heteroatoms. The van der Waals surface area contributed by atoms with Crippen molar-refractivity contribution in [1.29, 1.82) is 0 Å². The summed E-state index contributed by atoms with van der Waals surface area (Å²) in [6, 6.07) is 9.03. The lowest BCUT2D eigenvalue weighted by Gasteiger charge is -2.26. The van der Waals surface area contributed by atoms with E-state index in [1.165, 1.54) is 0 Å². The van der Waals surface area contributed by atoms with E-state index in [0.29, 0.717) is 30.9 Å². The molecular formula is C24H36N4O3. The fraction of sp³-hybridized carbons (Fsp3) is 0.500. The maximum absolute atomic E-state index is 13.0. The quantitative estimate of drug-likeness (QED) is 0.385. The number of amides is 3. The van der Waals surface area contributed by atoms with Gasteiger partial charge < -0.3 is 25.3 Å². The van der Waals surface area contributed by atoms with E-state index in [4.69, 9.17) is 4.42 Å². The summed E-state index contributed by atoms with van der Waals surface area (Å²) in [4.78, 5) is 27.3. The second-order valence-electron chi connectivity index (χ2n) is 7.58. The van der Waals surface area contributed by atoms with E-state index < -0.39 is 0 Å². The van der Waals surface area contributed by atoms with Crippen molar-refractivity contribution in [2.45, 2.75) is 59.4 Å². The minimum absolute atomic E-state index is 0.146. The molecule has 0 saturated carbocycles. The van der Waals surface area contributed by atoms with Crippen molar-refractivity contribution < 1.29 is 14.0 Å². The Balaban J connectivity index is 2.29. The molecule has 0 unspecified atom stereocenters. The standard InChI is InChI=1S/C24H36N4O3/c1-4-7-14-26-24(30)27-19-11-12-22(21(17-19)23(29)25-13-6-3)28(15-8-5-2)18-20-10-9-16-31-20/h9-12,16-17H,4-8,13-15,18H2,1-3H3,(H,25,29)(H2,26,27,30). The van der Waals surface area contributed by atoms with Crippen LogP contribution in [-0.2, 0) is 6.54 Å². The molecule has 0 aliphatic carbocycles. The number of nitrogens with one attached hydrogen (secondary N) is 3. The van der Waals surface area contributed by atoms with Gasteiger partial charge >= 0.3 is 6.03 Å². The van der Waals surface area contributed by atoms with Crippen molar-refractivity contribution in [3.63, 3.8) is 0 Å². The normalized spacial score (nSPS) is 10.5. The van der Waals surface area contributed by atoms with Gasteiger partial charge in [0.15, 0.2) is 0 Å². The summed E-state index contributed by atoms with van der Waals surface area (Å²) in [5.41, 5.74) is 1.96. The molecule has 1 aromatic heterocycles. The lowest BCUT2D eigenvalue weighted by molar-refractivity contribution is 0.0954. The molecule has 0 saturated heterocycles. The van der Waals surface area contributed by atoms with Crippen LogP contribution in [0, 0.1) is 0 Å². The van der Waals surface area contributed by atoms with Gasteiger partial charge in [0.25, 0.3) is 5.91 Å². The Morgan fingerprint density at radius 3 is 2.45 bits per heavy atom. The number of benzene rings is 1. The van der Waals surface area contributed by atoms with Crippen LogP contribution in [0.25, 0.3) is 0 Å². The third-order valence-electron chi connectivity index (χ3n) is 4.90. The van der Waals surface area contributed by atoms with Crippen LogP contribution in [0.3, 0.4) is 0 Å². The number of carbonyl (C=O) groups excluding carboxylic acids is 2. The monoisotopic (exact) mass is 428 g/mol. The largest absolute Gasteiger partial charge is 0.467 e. The molecule has 2 rings (SSSR count). The molecule has 2 aromatic rings. The first-order valence-electron chi connectivity index (χ1n) is 11.3. The molecule has 170 valence electrons. The molecule has 0 aliphatic rings. The summed E-state index contributed by atoms with van der Waals surface area (Å²) >= 11 is 0. The van der Waals surface area contributed by atoms with Gasteiger partial charge in [-0.1, -0.05) is 33.6 Å². The molecule has 31 heavy (non-hydrogen) atoms. The van der Waals surface area contributed by atoms with Gasteiger partial charge in [0.1, 0.15) is 5.76 Å². The molecule has 3 amide bonds. The van der Waals surface area contributed by atoms with E-state index in [1.807, 2.05) is 31.2 Å². The molecule has 0 spiro atoms.